The number of nitriles is 2. The smallest absolute Gasteiger partial charge is 0.503 e. The molecule has 1 aliphatic rings. The molecule has 0 bridgehead atoms. The van der Waals surface area contributed by atoms with Crippen LogP contribution in [0.25, 0.3) is 16.7 Å². The van der Waals surface area contributed by atoms with Gasteiger partial charge in [-0.1, -0.05) is 42.5 Å². The lowest BCUT2D eigenvalue weighted by Gasteiger charge is -2.12. The van der Waals surface area contributed by atoms with Crippen molar-refractivity contribution >= 4 is 11.5 Å². The highest BCUT2D eigenvalue weighted by molar-refractivity contribution is 6.17. The average Bonchev–Trinajstić information content (AvgIpc) is 3.70. The normalized spacial score (nSPS) is 12.4. The zero-order valence-corrected chi connectivity index (χ0v) is 25.1. The number of carbonyl (C=O) groups excluding carboxylic acids is 1. The first-order chi connectivity index (χ1) is 23.3. The van der Waals surface area contributed by atoms with E-state index in [2.05, 4.69) is 30.5 Å². The summed E-state index contributed by atoms with van der Waals surface area (Å²) in [4.78, 5) is 23.0. The van der Waals surface area contributed by atoms with Crippen molar-refractivity contribution in [2.24, 2.45) is 0 Å². The van der Waals surface area contributed by atoms with Gasteiger partial charge in [0.1, 0.15) is 35.5 Å². The van der Waals surface area contributed by atoms with Crippen LogP contribution in [0.5, 0.6) is 34.8 Å². The van der Waals surface area contributed by atoms with Crippen molar-refractivity contribution in [2.45, 2.75) is 6.29 Å². The fourth-order valence-corrected chi connectivity index (χ4v) is 4.40. The van der Waals surface area contributed by atoms with Crippen LogP contribution in [0.4, 0.5) is 8.78 Å². The number of rotatable bonds is 8. The highest BCUT2D eigenvalue weighted by Crippen LogP contribution is 2.47. The van der Waals surface area contributed by atoms with Crippen LogP contribution in [0, 0.1) is 22.7 Å². The number of nitrogens with one attached hydrogen (secondary N) is 1. The van der Waals surface area contributed by atoms with E-state index in [4.69, 9.17) is 24.2 Å². The standard InChI is InChI=1S/C22H17N3O5.C12H6F2N2O2/c1-27-13-17(22(26)28-2)16-8-4-6-10-19(16)30-21-11-20(24-14-25-21)29-18-9-5-3-7-15(18)12-23;13-12(14)17-10-3-1-2-8(11(10)18-12)9-6-16-5-7(9)4-15/h3-11,13-14H,1-2H3;1-3,5-6,16H/b17-13+;. The van der Waals surface area contributed by atoms with Crippen LogP contribution in [-0.4, -0.2) is 41.4 Å². The topological polar surface area (TPSA) is 162 Å². The van der Waals surface area contributed by atoms with Gasteiger partial charge in [0.25, 0.3) is 0 Å². The van der Waals surface area contributed by atoms with E-state index in [9.17, 15) is 18.8 Å². The van der Waals surface area contributed by atoms with Crippen LogP contribution in [-0.2, 0) is 14.3 Å². The van der Waals surface area contributed by atoms with Gasteiger partial charge in [0.05, 0.1) is 37.7 Å². The molecule has 1 aliphatic heterocycles. The maximum Gasteiger partial charge on any atom is 0.586 e. The number of hydrogen-bond acceptors (Lipinski definition) is 11. The molecular weight excluding hydrogens is 628 g/mol. The molecule has 0 saturated heterocycles. The number of aromatic nitrogens is 3. The molecule has 0 radical (unpaired) electrons. The second-order valence-corrected chi connectivity index (χ2v) is 9.46. The first-order valence-electron chi connectivity index (χ1n) is 13.8. The summed E-state index contributed by atoms with van der Waals surface area (Å²) in [7, 11) is 2.71. The first kappa shape index (κ1) is 32.5. The molecule has 5 aromatic rings. The zero-order valence-electron chi connectivity index (χ0n) is 25.1. The van der Waals surface area contributed by atoms with E-state index in [-0.39, 0.29) is 28.8 Å². The summed E-state index contributed by atoms with van der Waals surface area (Å²) in [6.45, 7) is 0. The summed E-state index contributed by atoms with van der Waals surface area (Å²) in [6, 6.07) is 23.7. The number of esters is 1. The van der Waals surface area contributed by atoms with Gasteiger partial charge in [-0.2, -0.15) is 10.5 Å². The molecule has 0 spiro atoms. The molecule has 0 atom stereocenters. The maximum absolute atomic E-state index is 13.0. The second-order valence-electron chi connectivity index (χ2n) is 9.46. The molecule has 14 heteroatoms. The van der Waals surface area contributed by atoms with Crippen LogP contribution in [0.1, 0.15) is 16.7 Å². The van der Waals surface area contributed by atoms with Gasteiger partial charge in [-0.3, -0.25) is 0 Å². The summed E-state index contributed by atoms with van der Waals surface area (Å²) < 4.78 is 56.3. The van der Waals surface area contributed by atoms with Gasteiger partial charge < -0.3 is 33.4 Å². The molecule has 240 valence electrons. The Balaban J connectivity index is 0.000000212. The number of para-hydroxylation sites is 3. The lowest BCUT2D eigenvalue weighted by molar-refractivity contribution is -0.286. The van der Waals surface area contributed by atoms with Gasteiger partial charge in [-0.15, -0.1) is 8.78 Å². The van der Waals surface area contributed by atoms with Crippen LogP contribution >= 0.6 is 0 Å². The monoisotopic (exact) mass is 651 g/mol. The number of H-pyrrole nitrogens is 1. The number of benzene rings is 3. The van der Waals surface area contributed by atoms with Crippen molar-refractivity contribution in [1.29, 1.82) is 10.5 Å². The summed E-state index contributed by atoms with van der Waals surface area (Å²) in [6.07, 6.45) is 1.92. The molecule has 3 heterocycles. The predicted octanol–water partition coefficient (Wildman–Crippen LogP) is 6.97. The van der Waals surface area contributed by atoms with Gasteiger partial charge in [-0.25, -0.2) is 14.8 Å². The Morgan fingerprint density at radius 2 is 1.54 bits per heavy atom. The Bertz CT molecular complexity index is 2070. The van der Waals surface area contributed by atoms with E-state index in [1.165, 1.54) is 45.1 Å². The number of nitrogens with zero attached hydrogens (tertiary/aromatic N) is 4. The molecule has 48 heavy (non-hydrogen) atoms. The van der Waals surface area contributed by atoms with Gasteiger partial charge >= 0.3 is 12.3 Å². The molecule has 1 N–H and O–H groups in total. The van der Waals surface area contributed by atoms with Crippen molar-refractivity contribution in [3.63, 3.8) is 0 Å². The minimum atomic E-state index is -3.67. The number of halogens is 2. The van der Waals surface area contributed by atoms with E-state index in [1.807, 2.05) is 6.07 Å². The number of ether oxygens (including phenoxy) is 6. The third kappa shape index (κ3) is 7.30. The summed E-state index contributed by atoms with van der Waals surface area (Å²) >= 11 is 0. The first-order valence-corrected chi connectivity index (χ1v) is 13.8. The van der Waals surface area contributed by atoms with E-state index in [0.29, 0.717) is 39.3 Å². The Kier molecular flexibility index (Phi) is 9.77. The fraction of sp³-hybridized carbons (Fsp3) is 0.0882. The van der Waals surface area contributed by atoms with Crippen LogP contribution in [0.15, 0.2) is 97.8 Å². The molecule has 0 unspecified atom stereocenters. The molecule has 0 aliphatic carbocycles. The predicted molar refractivity (Wildman–Crippen MR) is 164 cm³/mol. The van der Waals surface area contributed by atoms with Crippen molar-refractivity contribution in [3.8, 4) is 58.0 Å². The molecule has 0 saturated carbocycles. The van der Waals surface area contributed by atoms with Crippen molar-refractivity contribution in [2.75, 3.05) is 14.2 Å². The Morgan fingerprint density at radius 1 is 0.854 bits per heavy atom. The molecule has 2 aromatic heterocycles. The summed E-state index contributed by atoms with van der Waals surface area (Å²) in [5, 5.41) is 18.1. The molecule has 3 aromatic carbocycles. The number of carbonyl (C=O) groups is 1. The fourth-order valence-electron chi connectivity index (χ4n) is 4.40. The van der Waals surface area contributed by atoms with Gasteiger partial charge in [-0.05, 0) is 24.3 Å². The number of aromatic amines is 1. The second kappa shape index (κ2) is 14.4. The van der Waals surface area contributed by atoms with E-state index < -0.39 is 12.3 Å². The van der Waals surface area contributed by atoms with Crippen molar-refractivity contribution in [3.05, 3.63) is 114 Å². The highest BCUT2D eigenvalue weighted by atomic mass is 19.3. The highest BCUT2D eigenvalue weighted by Gasteiger charge is 2.44. The van der Waals surface area contributed by atoms with Crippen molar-refractivity contribution < 1.29 is 42.0 Å². The Hall–Kier alpha value is -6.93. The largest absolute Gasteiger partial charge is 0.586 e. The number of alkyl halides is 2. The third-order valence-electron chi connectivity index (χ3n) is 6.46. The van der Waals surface area contributed by atoms with Crippen LogP contribution in [0.3, 0.4) is 0 Å². The van der Waals surface area contributed by atoms with Gasteiger partial charge in [0, 0.05) is 29.1 Å². The van der Waals surface area contributed by atoms with Crippen molar-refractivity contribution in [1.82, 2.24) is 15.0 Å². The summed E-state index contributed by atoms with van der Waals surface area (Å²) in [5.41, 5.74) is 2.25. The SMILES string of the molecule is CO/C=C(/C(=O)OC)c1ccccc1Oc1cc(Oc2ccccc2C#N)ncn1.N#Cc1c[nH]cc1-c1cccc2c1OC(F)(F)O2. The van der Waals surface area contributed by atoms with Crippen LogP contribution in [0.2, 0.25) is 0 Å². The van der Waals surface area contributed by atoms with E-state index in [1.54, 1.807) is 66.9 Å². The van der Waals surface area contributed by atoms with E-state index in [0.717, 1.165) is 0 Å². The lowest BCUT2D eigenvalue weighted by atomic mass is 10.0. The minimum absolute atomic E-state index is 0.0393. The average molecular weight is 652 g/mol. The molecular formula is C34H23F2N5O7. The number of hydrogen-bond donors (Lipinski definition) is 1. The Labute approximate surface area is 271 Å². The number of fused-ring (bicyclic) bond motifs is 1. The lowest BCUT2D eigenvalue weighted by Crippen LogP contribution is -2.26. The third-order valence-corrected chi connectivity index (χ3v) is 6.46. The van der Waals surface area contributed by atoms with Crippen LogP contribution < -0.4 is 18.9 Å². The minimum Gasteiger partial charge on any atom is -0.503 e. The Morgan fingerprint density at radius 3 is 2.25 bits per heavy atom. The van der Waals surface area contributed by atoms with E-state index >= 15 is 0 Å². The molecule has 0 fully saturated rings. The molecule has 6 rings (SSSR count). The quantitative estimate of drug-likeness (QED) is 0.105. The number of methoxy groups -OCH3 is 2. The summed E-state index contributed by atoms with van der Waals surface area (Å²) in [5.74, 6) is 0.424. The molecule has 12 nitrogen and oxygen atoms in total. The van der Waals surface area contributed by atoms with Gasteiger partial charge in [0.2, 0.25) is 11.8 Å². The molecule has 0 amide bonds. The maximum atomic E-state index is 13.0. The van der Waals surface area contributed by atoms with Gasteiger partial charge in [0.15, 0.2) is 11.5 Å². The zero-order chi connectivity index (χ0) is 34.1.